The predicted octanol–water partition coefficient (Wildman–Crippen LogP) is 7.47. The highest BCUT2D eigenvalue weighted by atomic mass is 35.5. The first kappa shape index (κ1) is 41.3. The van der Waals surface area contributed by atoms with Gasteiger partial charge in [-0.15, -0.1) is 11.3 Å². The minimum absolute atomic E-state index is 0.000658. The lowest BCUT2D eigenvalue weighted by Gasteiger charge is -2.25. The van der Waals surface area contributed by atoms with Crippen LogP contribution in [0.3, 0.4) is 0 Å². The van der Waals surface area contributed by atoms with Crippen molar-refractivity contribution in [2.24, 2.45) is 0 Å². The average Bonchev–Trinajstić information content (AvgIpc) is 3.71. The summed E-state index contributed by atoms with van der Waals surface area (Å²) in [5.41, 5.74) is -1.02. The van der Waals surface area contributed by atoms with Gasteiger partial charge in [-0.3, -0.25) is 14.0 Å². The number of alkyl halides is 3. The van der Waals surface area contributed by atoms with E-state index >= 15 is 0 Å². The average molecular weight is 854 g/mol. The zero-order valence-electron chi connectivity index (χ0n) is 30.7. The molecule has 302 valence electrons. The fourth-order valence-corrected chi connectivity index (χ4v) is 7.76. The van der Waals surface area contributed by atoms with Gasteiger partial charge in [0.2, 0.25) is 10.0 Å². The molecule has 6 rings (SSSR count). The van der Waals surface area contributed by atoms with Crippen molar-refractivity contribution in [1.29, 1.82) is 0 Å². The van der Waals surface area contributed by atoms with Crippen LogP contribution < -0.4 is 19.9 Å². The molecule has 3 aromatic carbocycles. The highest BCUT2D eigenvalue weighted by molar-refractivity contribution is 7.92. The minimum atomic E-state index is -4.93. The smallest absolute Gasteiger partial charge is 0.408 e. The largest absolute Gasteiger partial charge is 0.497 e. The fraction of sp³-hybridized carbons (Fsp3) is 0.306. The number of nitrogens with zero attached hydrogens (tertiary/aromatic N) is 6. The number of hydrogen-bond acceptors (Lipinski definition) is 10. The van der Waals surface area contributed by atoms with Crippen LogP contribution in [0.25, 0.3) is 26.9 Å². The number of fused-ring (bicyclic) bond motifs is 2. The van der Waals surface area contributed by atoms with E-state index in [9.17, 15) is 40.0 Å². The van der Waals surface area contributed by atoms with Gasteiger partial charge in [0.1, 0.15) is 40.1 Å². The van der Waals surface area contributed by atoms with Crippen LogP contribution in [0, 0.1) is 11.6 Å². The molecular weight excluding hydrogens is 821 g/mol. The lowest BCUT2D eigenvalue weighted by atomic mass is 10.0. The van der Waals surface area contributed by atoms with Crippen molar-refractivity contribution in [3.8, 4) is 11.4 Å². The molecule has 1 atom stereocenters. The van der Waals surface area contributed by atoms with Crippen molar-refractivity contribution in [3.05, 3.63) is 104 Å². The number of alkyl carbamates (subject to hydrolysis) is 1. The zero-order chi connectivity index (χ0) is 41.6. The molecule has 0 bridgehead atoms. The quantitative estimate of drug-likeness (QED) is 0.131. The Balaban J connectivity index is 1.66. The van der Waals surface area contributed by atoms with E-state index in [0.717, 1.165) is 38.6 Å². The number of hydrogen-bond donors (Lipinski definition) is 1. The highest BCUT2D eigenvalue weighted by Crippen LogP contribution is 2.40. The van der Waals surface area contributed by atoms with Gasteiger partial charge in [-0.2, -0.15) is 18.3 Å². The second-order valence-corrected chi connectivity index (χ2v) is 17.0. The van der Waals surface area contributed by atoms with Gasteiger partial charge in [-0.1, -0.05) is 23.7 Å². The number of thiazole rings is 1. The molecule has 0 spiro atoms. The first-order chi connectivity index (χ1) is 26.6. The van der Waals surface area contributed by atoms with Gasteiger partial charge < -0.3 is 14.8 Å². The standard InChI is InChI=1S/C36H33ClF5N7O6S2/c1-35(2,3)55-34(51)44-25(14-20-12-21(38)15-22(39)13-20)31-45-30-29(56-18-43-30)33(50)49(31)26-11-10-24(37)27-28(26)47(17-36(40,41)42)46-32(27)48(57(5,52)53)16-19-6-8-23(54-4)9-7-19/h6-13,15,18,25H,14,16-17H2,1-5H3,(H,44,51)/t25-/m0/s1. The summed E-state index contributed by atoms with van der Waals surface area (Å²) in [7, 11) is -2.86. The molecule has 1 amide bonds. The molecule has 0 radical (unpaired) electrons. The van der Waals surface area contributed by atoms with Crippen molar-refractivity contribution in [3.63, 3.8) is 0 Å². The Morgan fingerprint density at radius 1 is 1.04 bits per heavy atom. The van der Waals surface area contributed by atoms with Gasteiger partial charge in [0.15, 0.2) is 11.5 Å². The van der Waals surface area contributed by atoms with Gasteiger partial charge in [-0.05, 0) is 68.3 Å². The maximum absolute atomic E-state index is 14.5. The van der Waals surface area contributed by atoms with Crippen molar-refractivity contribution >= 4 is 66.1 Å². The van der Waals surface area contributed by atoms with E-state index in [0.29, 0.717) is 22.1 Å². The summed E-state index contributed by atoms with van der Waals surface area (Å²) in [6.07, 6.45) is -5.53. The second kappa shape index (κ2) is 15.5. The maximum Gasteiger partial charge on any atom is 0.408 e. The number of ether oxygens (including phenoxy) is 2. The maximum atomic E-state index is 14.5. The number of rotatable bonds is 11. The van der Waals surface area contributed by atoms with E-state index in [1.54, 1.807) is 45.0 Å². The van der Waals surface area contributed by atoms with Crippen molar-refractivity contribution in [2.45, 2.75) is 58.1 Å². The van der Waals surface area contributed by atoms with Crippen molar-refractivity contribution in [1.82, 2.24) is 29.6 Å². The Labute approximate surface area is 330 Å². The van der Waals surface area contributed by atoms with E-state index in [1.165, 1.54) is 24.8 Å². The molecular formula is C36H33ClF5N7O6S2. The lowest BCUT2D eigenvalue weighted by molar-refractivity contribution is -0.141. The van der Waals surface area contributed by atoms with Crippen LogP contribution in [0.2, 0.25) is 5.02 Å². The molecule has 13 nitrogen and oxygen atoms in total. The molecule has 0 aliphatic heterocycles. The van der Waals surface area contributed by atoms with Crippen LogP contribution in [0.15, 0.2) is 64.9 Å². The van der Waals surface area contributed by atoms with Crippen molar-refractivity contribution in [2.75, 3.05) is 17.7 Å². The number of benzene rings is 3. The molecule has 57 heavy (non-hydrogen) atoms. The van der Waals surface area contributed by atoms with E-state index in [1.807, 2.05) is 0 Å². The molecule has 1 N–H and O–H groups in total. The Hall–Kier alpha value is -5.34. The van der Waals surface area contributed by atoms with Crippen LogP contribution >= 0.6 is 22.9 Å². The Kier molecular flexibility index (Phi) is 11.3. The highest BCUT2D eigenvalue weighted by Gasteiger charge is 2.35. The first-order valence-electron chi connectivity index (χ1n) is 16.8. The monoisotopic (exact) mass is 853 g/mol. The molecule has 3 heterocycles. The van der Waals surface area contributed by atoms with Crippen LogP contribution in [0.4, 0.5) is 32.6 Å². The molecule has 0 unspecified atom stereocenters. The third kappa shape index (κ3) is 9.29. The van der Waals surface area contributed by atoms with Crippen LogP contribution in [0.1, 0.15) is 43.8 Å². The summed E-state index contributed by atoms with van der Waals surface area (Å²) in [6, 6.07) is 9.86. The van der Waals surface area contributed by atoms with Gasteiger partial charge >= 0.3 is 12.3 Å². The lowest BCUT2D eigenvalue weighted by Crippen LogP contribution is -2.39. The number of nitrogens with one attached hydrogen (secondary N) is 1. The minimum Gasteiger partial charge on any atom is -0.497 e. The topological polar surface area (TPSA) is 151 Å². The summed E-state index contributed by atoms with van der Waals surface area (Å²) in [4.78, 5) is 36.5. The third-order valence-corrected chi connectivity index (χ3v) is 10.5. The van der Waals surface area contributed by atoms with Crippen LogP contribution in [0.5, 0.6) is 5.75 Å². The Morgan fingerprint density at radius 2 is 1.70 bits per heavy atom. The summed E-state index contributed by atoms with van der Waals surface area (Å²) in [5.74, 6) is -2.26. The summed E-state index contributed by atoms with van der Waals surface area (Å²) < 4.78 is 112. The number of sulfonamides is 1. The molecule has 0 aliphatic carbocycles. The molecule has 0 saturated heterocycles. The molecule has 0 saturated carbocycles. The Morgan fingerprint density at radius 3 is 2.30 bits per heavy atom. The number of amides is 1. The molecule has 0 fully saturated rings. The number of carbonyl (C=O) groups is 1. The summed E-state index contributed by atoms with van der Waals surface area (Å²) in [6.45, 7) is 2.58. The number of aromatic nitrogens is 5. The molecule has 3 aromatic heterocycles. The van der Waals surface area contributed by atoms with Gasteiger partial charge in [0.05, 0.1) is 53.1 Å². The second-order valence-electron chi connectivity index (χ2n) is 13.8. The number of anilines is 1. The third-order valence-electron chi connectivity index (χ3n) is 8.26. The normalized spacial score (nSPS) is 12.9. The van der Waals surface area contributed by atoms with E-state index in [2.05, 4.69) is 20.4 Å². The number of halogens is 6. The van der Waals surface area contributed by atoms with Gasteiger partial charge in [-0.25, -0.2) is 36.3 Å². The Bertz CT molecular complexity index is 2640. The van der Waals surface area contributed by atoms with E-state index in [-0.39, 0.29) is 37.8 Å². The summed E-state index contributed by atoms with van der Waals surface area (Å²) >= 11 is 7.57. The number of methoxy groups -OCH3 is 1. The SMILES string of the molecule is COc1ccc(CN(c2nn(CC(F)(F)F)c3c(-n4c([C@H](Cc5cc(F)cc(F)c5)NC(=O)OC(C)(C)C)nc5ncsc5c4=O)ccc(Cl)c23)S(C)(=O)=O)cc1. The van der Waals surface area contributed by atoms with Crippen molar-refractivity contribution < 1.29 is 44.6 Å². The predicted molar refractivity (Wildman–Crippen MR) is 204 cm³/mol. The van der Waals surface area contributed by atoms with E-state index in [4.69, 9.17) is 21.1 Å². The molecule has 21 heteroatoms. The van der Waals surface area contributed by atoms with E-state index < -0.39 is 82.0 Å². The number of carbonyl (C=O) groups excluding carboxylic acids is 1. The van der Waals surface area contributed by atoms with Gasteiger partial charge in [0, 0.05) is 12.5 Å². The molecule has 6 aromatic rings. The zero-order valence-corrected chi connectivity index (χ0v) is 33.1. The van der Waals surface area contributed by atoms with Crippen LogP contribution in [-0.2, 0) is 34.3 Å². The van der Waals surface area contributed by atoms with Gasteiger partial charge in [0.25, 0.3) is 5.56 Å². The molecule has 0 aliphatic rings. The fourth-order valence-electron chi connectivity index (χ4n) is 6.05. The first-order valence-corrected chi connectivity index (χ1v) is 19.9. The summed E-state index contributed by atoms with van der Waals surface area (Å²) in [5, 5.41) is 6.26. The van der Waals surface area contributed by atoms with Crippen LogP contribution in [-0.4, -0.2) is 64.0 Å².